The molecule has 0 radical (unpaired) electrons. The van der Waals surface area contributed by atoms with Gasteiger partial charge in [0.05, 0.1) is 5.69 Å². The second kappa shape index (κ2) is 6.14. The van der Waals surface area contributed by atoms with E-state index >= 15 is 0 Å². The number of rotatable bonds is 3. The van der Waals surface area contributed by atoms with Gasteiger partial charge in [-0.15, -0.1) is 10.2 Å². The lowest BCUT2D eigenvalue weighted by Crippen LogP contribution is -2.19. The molecule has 3 aromatic heterocycles. The van der Waals surface area contributed by atoms with Gasteiger partial charge in [-0.05, 0) is 55.0 Å². The van der Waals surface area contributed by atoms with Crippen LogP contribution in [0.15, 0.2) is 47.3 Å². The van der Waals surface area contributed by atoms with Gasteiger partial charge >= 0.3 is 0 Å². The number of aryl methyl sites for hydroxylation is 2. The number of aromatic nitrogens is 6. The van der Waals surface area contributed by atoms with Gasteiger partial charge in [0, 0.05) is 17.3 Å². The number of hydrogen-bond acceptors (Lipinski definition) is 5. The second-order valence-electron chi connectivity index (χ2n) is 6.05. The molecule has 0 fully saturated rings. The summed E-state index contributed by atoms with van der Waals surface area (Å²) in [7, 11) is 0. The van der Waals surface area contributed by atoms with Crippen molar-refractivity contribution in [2.24, 2.45) is 0 Å². The molecule has 0 aliphatic rings. The minimum absolute atomic E-state index is 0.155. The molecule has 0 saturated heterocycles. The first-order chi connectivity index (χ1) is 12.5. The van der Waals surface area contributed by atoms with Crippen molar-refractivity contribution >= 4 is 5.65 Å². The van der Waals surface area contributed by atoms with Crippen molar-refractivity contribution in [1.29, 1.82) is 0 Å². The molecule has 0 aliphatic carbocycles. The molecule has 1 aromatic carbocycles. The number of benzene rings is 1. The molecule has 4 rings (SSSR count). The van der Waals surface area contributed by atoms with Gasteiger partial charge in [0.1, 0.15) is 18.0 Å². The fraction of sp³-hybridized carbons (Fsp3) is 0.167. The summed E-state index contributed by atoms with van der Waals surface area (Å²) in [6.07, 6.45) is 0. The molecule has 0 N–H and O–H groups in total. The van der Waals surface area contributed by atoms with Crippen LogP contribution in [0.5, 0.6) is 0 Å². The highest BCUT2D eigenvalue weighted by molar-refractivity contribution is 5.55. The Hall–Kier alpha value is -3.42. The largest absolute Gasteiger partial charge is 0.269 e. The zero-order valence-corrected chi connectivity index (χ0v) is 14.2. The lowest BCUT2D eigenvalue weighted by molar-refractivity contribution is 0.564. The number of hydrogen-bond donors (Lipinski definition) is 0. The Kier molecular flexibility index (Phi) is 3.80. The van der Waals surface area contributed by atoms with Crippen molar-refractivity contribution in [3.05, 3.63) is 75.6 Å². The summed E-state index contributed by atoms with van der Waals surface area (Å²) in [5.41, 5.74) is 2.97. The summed E-state index contributed by atoms with van der Waals surface area (Å²) in [6.45, 7) is 3.75. The first-order valence-corrected chi connectivity index (χ1v) is 8.04. The van der Waals surface area contributed by atoms with Gasteiger partial charge in [0.2, 0.25) is 5.82 Å². The summed E-state index contributed by atoms with van der Waals surface area (Å²) in [5, 5.41) is 12.3. The minimum atomic E-state index is -0.280. The number of nitrogens with zero attached hydrogens (tertiary/aromatic N) is 6. The molecule has 0 spiro atoms. The van der Waals surface area contributed by atoms with Crippen molar-refractivity contribution in [2.45, 2.75) is 20.4 Å². The van der Waals surface area contributed by atoms with E-state index in [1.54, 1.807) is 29.5 Å². The normalized spacial score (nSPS) is 11.2. The quantitative estimate of drug-likeness (QED) is 0.566. The van der Waals surface area contributed by atoms with Crippen LogP contribution < -0.4 is 5.56 Å². The Morgan fingerprint density at radius 3 is 2.77 bits per heavy atom. The van der Waals surface area contributed by atoms with Crippen molar-refractivity contribution in [2.75, 3.05) is 0 Å². The summed E-state index contributed by atoms with van der Waals surface area (Å²) >= 11 is 0. The molecule has 7 nitrogen and oxygen atoms in total. The zero-order valence-electron chi connectivity index (χ0n) is 14.2. The van der Waals surface area contributed by atoms with Crippen LogP contribution in [-0.4, -0.2) is 29.6 Å². The highest BCUT2D eigenvalue weighted by Crippen LogP contribution is 2.17. The second-order valence-corrected chi connectivity index (χ2v) is 6.05. The van der Waals surface area contributed by atoms with Gasteiger partial charge in [-0.3, -0.25) is 9.20 Å². The monoisotopic (exact) mass is 350 g/mol. The molecule has 26 heavy (non-hydrogen) atoms. The summed E-state index contributed by atoms with van der Waals surface area (Å²) in [5.74, 6) is 0.110. The average Bonchev–Trinajstić information content (AvgIpc) is 3.05. The number of fused-ring (bicyclic) bond motifs is 1. The van der Waals surface area contributed by atoms with Gasteiger partial charge in [-0.25, -0.2) is 9.37 Å². The third-order valence-electron chi connectivity index (χ3n) is 4.11. The SMILES string of the molecule is Cc1cc(-c2nnn(Cc3cc(=O)n4c(C)cccc4n3)n2)ccc1F. The molecular weight excluding hydrogens is 335 g/mol. The predicted octanol–water partition coefficient (Wildman–Crippen LogP) is 2.15. The van der Waals surface area contributed by atoms with Crippen LogP contribution in [0.25, 0.3) is 17.0 Å². The van der Waals surface area contributed by atoms with Crippen LogP contribution in [0.3, 0.4) is 0 Å². The van der Waals surface area contributed by atoms with E-state index in [1.807, 2.05) is 19.1 Å². The maximum atomic E-state index is 13.4. The van der Waals surface area contributed by atoms with Crippen LogP contribution in [-0.2, 0) is 6.54 Å². The van der Waals surface area contributed by atoms with Crippen molar-refractivity contribution < 1.29 is 4.39 Å². The van der Waals surface area contributed by atoms with Crippen LogP contribution in [0.1, 0.15) is 17.0 Å². The average molecular weight is 350 g/mol. The van der Waals surface area contributed by atoms with Crippen molar-refractivity contribution in [3.63, 3.8) is 0 Å². The van der Waals surface area contributed by atoms with Crippen LogP contribution in [0.4, 0.5) is 4.39 Å². The maximum absolute atomic E-state index is 13.4. The highest BCUT2D eigenvalue weighted by atomic mass is 19.1. The molecule has 0 aliphatic heterocycles. The summed E-state index contributed by atoms with van der Waals surface area (Å²) < 4.78 is 14.9. The molecular formula is C18H15FN6O. The van der Waals surface area contributed by atoms with E-state index in [0.717, 1.165) is 5.69 Å². The molecule has 0 bridgehead atoms. The molecule has 0 amide bonds. The Balaban J connectivity index is 1.66. The van der Waals surface area contributed by atoms with Crippen molar-refractivity contribution in [3.8, 4) is 11.4 Å². The maximum Gasteiger partial charge on any atom is 0.258 e. The van der Waals surface area contributed by atoms with E-state index < -0.39 is 0 Å². The van der Waals surface area contributed by atoms with E-state index in [0.29, 0.717) is 28.3 Å². The van der Waals surface area contributed by atoms with E-state index in [1.165, 1.54) is 16.9 Å². The lowest BCUT2D eigenvalue weighted by atomic mass is 10.1. The van der Waals surface area contributed by atoms with Gasteiger partial charge in [-0.1, -0.05) is 6.07 Å². The Morgan fingerprint density at radius 1 is 1.12 bits per heavy atom. The Labute approximate surface area is 147 Å². The van der Waals surface area contributed by atoms with Gasteiger partial charge < -0.3 is 0 Å². The lowest BCUT2D eigenvalue weighted by Gasteiger charge is -2.05. The third-order valence-corrected chi connectivity index (χ3v) is 4.11. The molecule has 8 heteroatoms. The summed E-state index contributed by atoms with van der Waals surface area (Å²) in [6, 6.07) is 11.6. The van der Waals surface area contributed by atoms with E-state index in [9.17, 15) is 9.18 Å². The molecule has 0 unspecified atom stereocenters. The minimum Gasteiger partial charge on any atom is -0.269 e. The highest BCUT2D eigenvalue weighted by Gasteiger charge is 2.10. The van der Waals surface area contributed by atoms with Crippen molar-refractivity contribution in [1.82, 2.24) is 29.6 Å². The molecule has 4 aromatic rings. The Bertz CT molecular complexity index is 1180. The first kappa shape index (κ1) is 16.1. The van der Waals surface area contributed by atoms with Crippen LogP contribution >= 0.6 is 0 Å². The topological polar surface area (TPSA) is 78.0 Å². The third kappa shape index (κ3) is 2.85. The molecule has 0 atom stereocenters. The number of tetrazole rings is 1. The fourth-order valence-electron chi connectivity index (χ4n) is 2.80. The van der Waals surface area contributed by atoms with Crippen LogP contribution in [0.2, 0.25) is 0 Å². The zero-order chi connectivity index (χ0) is 18.3. The van der Waals surface area contributed by atoms with E-state index in [-0.39, 0.29) is 17.9 Å². The predicted molar refractivity (Wildman–Crippen MR) is 93.2 cm³/mol. The fourth-order valence-corrected chi connectivity index (χ4v) is 2.80. The molecule has 0 saturated carbocycles. The van der Waals surface area contributed by atoms with E-state index in [4.69, 9.17) is 0 Å². The first-order valence-electron chi connectivity index (χ1n) is 8.04. The number of pyridine rings is 1. The van der Waals surface area contributed by atoms with Gasteiger partial charge in [-0.2, -0.15) is 4.80 Å². The van der Waals surface area contributed by atoms with Crippen LogP contribution in [0, 0.1) is 19.7 Å². The number of halogens is 1. The smallest absolute Gasteiger partial charge is 0.258 e. The van der Waals surface area contributed by atoms with Gasteiger partial charge in [0.25, 0.3) is 5.56 Å². The van der Waals surface area contributed by atoms with E-state index in [2.05, 4.69) is 20.4 Å². The summed E-state index contributed by atoms with van der Waals surface area (Å²) in [4.78, 5) is 18.2. The van der Waals surface area contributed by atoms with Gasteiger partial charge in [0.15, 0.2) is 0 Å². The molecule has 130 valence electrons. The molecule has 3 heterocycles. The standard InChI is InChI=1S/C18H15FN6O/c1-11-8-13(6-7-15(11)19)18-21-23-24(22-18)10-14-9-17(26)25-12(2)4-3-5-16(25)20-14/h3-9H,10H2,1-2H3. The Morgan fingerprint density at radius 2 is 1.96 bits per heavy atom.